The molecular weight excluding hydrogens is 276 g/mol. The summed E-state index contributed by atoms with van der Waals surface area (Å²) in [5, 5.41) is 14.7. The smallest absolute Gasteiger partial charge is 0.243 e. The summed E-state index contributed by atoms with van der Waals surface area (Å²) in [6.07, 6.45) is 2.43. The normalized spacial score (nSPS) is 12.2. The number of ether oxygens (including phenoxy) is 1. The summed E-state index contributed by atoms with van der Waals surface area (Å²) in [6, 6.07) is 0. The Morgan fingerprint density at radius 1 is 1.24 bits per heavy atom. The highest BCUT2D eigenvalue weighted by Crippen LogP contribution is 2.30. The van der Waals surface area contributed by atoms with Gasteiger partial charge in [0.15, 0.2) is 5.84 Å². The number of nitrogens with zero attached hydrogens (tertiary/aromatic N) is 1. The molecule has 0 rings (SSSR count). The van der Waals surface area contributed by atoms with Gasteiger partial charge in [0.2, 0.25) is 11.8 Å². The minimum Gasteiger partial charge on any atom is -0.409 e. The van der Waals surface area contributed by atoms with E-state index in [2.05, 4.69) is 10.5 Å². The summed E-state index contributed by atoms with van der Waals surface area (Å²) in [7, 11) is 0. The van der Waals surface area contributed by atoms with Gasteiger partial charge in [-0.3, -0.25) is 9.59 Å². The van der Waals surface area contributed by atoms with Crippen LogP contribution in [0.4, 0.5) is 0 Å². The van der Waals surface area contributed by atoms with E-state index in [9.17, 15) is 9.59 Å². The molecule has 0 aliphatic heterocycles. The monoisotopic (exact) mass is 302 g/mol. The molecule has 0 unspecified atom stereocenters. The van der Waals surface area contributed by atoms with Gasteiger partial charge >= 0.3 is 0 Å². The topological polar surface area (TPSA) is 140 Å². The standard InChI is InChI=1S/C13H26N4O4/c1-3-5-13(6-4-2,11(15)17-20)12(19)16-7-8-21-9-10(14)18/h20H,3-9H2,1-2H3,(H2,14,18)(H2,15,17)(H,16,19). The Kier molecular flexibility index (Phi) is 9.11. The van der Waals surface area contributed by atoms with Crippen LogP contribution in [0.15, 0.2) is 5.16 Å². The van der Waals surface area contributed by atoms with Gasteiger partial charge in [0.25, 0.3) is 0 Å². The molecule has 0 spiro atoms. The highest BCUT2D eigenvalue weighted by Gasteiger charge is 2.41. The maximum atomic E-state index is 12.4. The van der Waals surface area contributed by atoms with Crippen molar-refractivity contribution in [2.24, 2.45) is 22.0 Å². The van der Waals surface area contributed by atoms with Gasteiger partial charge in [0, 0.05) is 6.54 Å². The Hall–Kier alpha value is -1.83. The first kappa shape index (κ1) is 19.2. The third-order valence-electron chi connectivity index (χ3n) is 3.16. The summed E-state index contributed by atoms with van der Waals surface area (Å²) in [5.41, 5.74) is 9.66. The fourth-order valence-electron chi connectivity index (χ4n) is 2.25. The van der Waals surface area contributed by atoms with E-state index in [4.69, 9.17) is 21.4 Å². The van der Waals surface area contributed by atoms with Gasteiger partial charge in [0.1, 0.15) is 12.0 Å². The average Bonchev–Trinajstić information content (AvgIpc) is 2.45. The number of amidine groups is 1. The van der Waals surface area contributed by atoms with E-state index in [0.717, 1.165) is 12.8 Å². The molecule has 122 valence electrons. The van der Waals surface area contributed by atoms with Gasteiger partial charge in [-0.25, -0.2) is 0 Å². The van der Waals surface area contributed by atoms with Crippen LogP contribution in [0.5, 0.6) is 0 Å². The first-order chi connectivity index (χ1) is 9.94. The molecule has 0 aromatic carbocycles. The van der Waals surface area contributed by atoms with Gasteiger partial charge in [-0.05, 0) is 12.8 Å². The van der Waals surface area contributed by atoms with Crippen LogP contribution < -0.4 is 16.8 Å². The van der Waals surface area contributed by atoms with Crippen LogP contribution in [0.25, 0.3) is 0 Å². The van der Waals surface area contributed by atoms with Crippen LogP contribution in [-0.4, -0.2) is 42.6 Å². The predicted molar refractivity (Wildman–Crippen MR) is 78.7 cm³/mol. The molecule has 0 aromatic heterocycles. The molecule has 8 heteroatoms. The zero-order chi connectivity index (χ0) is 16.3. The fraction of sp³-hybridized carbons (Fsp3) is 0.769. The van der Waals surface area contributed by atoms with Gasteiger partial charge < -0.3 is 26.7 Å². The van der Waals surface area contributed by atoms with E-state index in [0.29, 0.717) is 12.8 Å². The Balaban J connectivity index is 4.68. The molecule has 0 radical (unpaired) electrons. The molecular formula is C13H26N4O4. The molecule has 2 amide bonds. The number of hydrogen-bond acceptors (Lipinski definition) is 5. The first-order valence-corrected chi connectivity index (χ1v) is 7.06. The lowest BCUT2D eigenvalue weighted by atomic mass is 9.77. The van der Waals surface area contributed by atoms with Crippen molar-refractivity contribution in [3.8, 4) is 0 Å². The maximum Gasteiger partial charge on any atom is 0.243 e. The lowest BCUT2D eigenvalue weighted by Gasteiger charge is -2.30. The number of primary amides is 1. The molecule has 0 atom stereocenters. The number of nitrogens with one attached hydrogen (secondary N) is 1. The Labute approximate surface area is 124 Å². The van der Waals surface area contributed by atoms with Crippen LogP contribution in [-0.2, 0) is 14.3 Å². The predicted octanol–water partition coefficient (Wildman–Crippen LogP) is -0.0625. The van der Waals surface area contributed by atoms with Crippen molar-refractivity contribution in [2.75, 3.05) is 19.8 Å². The van der Waals surface area contributed by atoms with Crippen molar-refractivity contribution in [3.05, 3.63) is 0 Å². The third kappa shape index (κ3) is 5.99. The molecule has 6 N–H and O–H groups in total. The van der Waals surface area contributed by atoms with Crippen molar-refractivity contribution >= 4 is 17.6 Å². The van der Waals surface area contributed by atoms with E-state index in [1.54, 1.807) is 0 Å². The van der Waals surface area contributed by atoms with E-state index < -0.39 is 11.3 Å². The second kappa shape index (κ2) is 9.98. The molecule has 8 nitrogen and oxygen atoms in total. The zero-order valence-electron chi connectivity index (χ0n) is 12.7. The van der Waals surface area contributed by atoms with Crippen LogP contribution in [0.1, 0.15) is 39.5 Å². The SMILES string of the molecule is CCCC(CCC)(C(=O)NCCOCC(N)=O)C(N)=NO. The molecule has 0 fully saturated rings. The van der Waals surface area contributed by atoms with Crippen LogP contribution >= 0.6 is 0 Å². The van der Waals surface area contributed by atoms with Crippen molar-refractivity contribution in [2.45, 2.75) is 39.5 Å². The van der Waals surface area contributed by atoms with Crippen molar-refractivity contribution in [3.63, 3.8) is 0 Å². The first-order valence-electron chi connectivity index (χ1n) is 7.06. The Morgan fingerprint density at radius 2 is 1.81 bits per heavy atom. The molecule has 0 saturated carbocycles. The zero-order valence-corrected chi connectivity index (χ0v) is 12.7. The number of amides is 2. The Morgan fingerprint density at radius 3 is 2.24 bits per heavy atom. The summed E-state index contributed by atoms with van der Waals surface area (Å²) in [6.45, 7) is 4.06. The van der Waals surface area contributed by atoms with E-state index >= 15 is 0 Å². The molecule has 21 heavy (non-hydrogen) atoms. The van der Waals surface area contributed by atoms with Crippen LogP contribution in [0, 0.1) is 5.41 Å². The Bertz CT molecular complexity index is 365. The van der Waals surface area contributed by atoms with E-state index in [1.807, 2.05) is 13.8 Å². The largest absolute Gasteiger partial charge is 0.409 e. The number of nitrogens with two attached hydrogens (primary N) is 2. The van der Waals surface area contributed by atoms with Crippen molar-refractivity contribution < 1.29 is 19.5 Å². The molecule has 0 bridgehead atoms. The fourth-order valence-corrected chi connectivity index (χ4v) is 2.25. The molecule has 0 aromatic rings. The second-order valence-electron chi connectivity index (χ2n) is 4.84. The van der Waals surface area contributed by atoms with Crippen LogP contribution in [0.2, 0.25) is 0 Å². The van der Waals surface area contributed by atoms with Crippen LogP contribution in [0.3, 0.4) is 0 Å². The average molecular weight is 302 g/mol. The minimum absolute atomic E-state index is 0.0817. The van der Waals surface area contributed by atoms with Gasteiger partial charge in [-0.1, -0.05) is 31.8 Å². The second-order valence-corrected chi connectivity index (χ2v) is 4.84. The number of carbonyl (C=O) groups is 2. The summed E-state index contributed by atoms with van der Waals surface area (Å²) in [4.78, 5) is 22.9. The summed E-state index contributed by atoms with van der Waals surface area (Å²) < 4.78 is 4.96. The van der Waals surface area contributed by atoms with Gasteiger partial charge in [-0.2, -0.15) is 0 Å². The number of oxime groups is 1. The minimum atomic E-state index is -1.01. The summed E-state index contributed by atoms with van der Waals surface area (Å²) >= 11 is 0. The van der Waals surface area contributed by atoms with Gasteiger partial charge in [0.05, 0.1) is 6.61 Å². The molecule has 0 aliphatic rings. The van der Waals surface area contributed by atoms with E-state index in [-0.39, 0.29) is 31.5 Å². The number of hydrogen-bond donors (Lipinski definition) is 4. The van der Waals surface area contributed by atoms with E-state index in [1.165, 1.54) is 0 Å². The van der Waals surface area contributed by atoms with Crippen molar-refractivity contribution in [1.29, 1.82) is 0 Å². The van der Waals surface area contributed by atoms with Crippen molar-refractivity contribution in [1.82, 2.24) is 5.32 Å². The molecule has 0 heterocycles. The third-order valence-corrected chi connectivity index (χ3v) is 3.16. The van der Waals surface area contributed by atoms with Gasteiger partial charge in [-0.15, -0.1) is 0 Å². The number of rotatable bonds is 11. The lowest BCUT2D eigenvalue weighted by Crippen LogP contribution is -2.50. The molecule has 0 saturated heterocycles. The highest BCUT2D eigenvalue weighted by atomic mass is 16.5. The lowest BCUT2D eigenvalue weighted by molar-refractivity contribution is -0.128. The number of carbonyl (C=O) groups excluding carboxylic acids is 2. The summed E-state index contributed by atoms with van der Waals surface area (Å²) in [5.74, 6) is -0.949. The molecule has 0 aliphatic carbocycles. The highest BCUT2D eigenvalue weighted by molar-refractivity contribution is 6.06. The quantitative estimate of drug-likeness (QED) is 0.139. The maximum absolute atomic E-state index is 12.4.